The summed E-state index contributed by atoms with van der Waals surface area (Å²) in [6.45, 7) is 17.0. The van der Waals surface area contributed by atoms with Gasteiger partial charge in [0.15, 0.2) is 5.78 Å². The van der Waals surface area contributed by atoms with E-state index in [2.05, 4.69) is 46.8 Å². The van der Waals surface area contributed by atoms with E-state index in [1.54, 1.807) is 18.2 Å². The van der Waals surface area contributed by atoms with Crippen molar-refractivity contribution >= 4 is 33.8 Å². The molecule has 4 aromatic carbocycles. The number of fused-ring (bicyclic) bond motifs is 6. The molecule has 0 aliphatic heterocycles. The minimum Gasteiger partial charge on any atom is -0.465 e. The molecule has 2 fully saturated rings. The summed E-state index contributed by atoms with van der Waals surface area (Å²) in [7, 11) is -4.35. The van der Waals surface area contributed by atoms with E-state index in [1.165, 1.54) is 23.3 Å². The molecule has 0 spiro atoms. The van der Waals surface area contributed by atoms with E-state index in [9.17, 15) is 27.6 Å². The van der Waals surface area contributed by atoms with E-state index in [0.29, 0.717) is 24.8 Å². The Morgan fingerprint density at radius 3 is 1.54 bits per heavy atom. The molecule has 2 saturated carbocycles. The molecule has 0 aromatic heterocycles. The van der Waals surface area contributed by atoms with E-state index >= 15 is 0 Å². The second-order valence-corrected chi connectivity index (χ2v) is 23.1. The predicted molar refractivity (Wildman–Crippen MR) is 259 cm³/mol. The van der Waals surface area contributed by atoms with Crippen LogP contribution >= 0.6 is 0 Å². The van der Waals surface area contributed by atoms with Gasteiger partial charge in [-0.25, -0.2) is 4.79 Å². The van der Waals surface area contributed by atoms with Gasteiger partial charge in [0.1, 0.15) is 4.90 Å². The lowest BCUT2D eigenvalue weighted by atomic mass is 9.49. The minimum atomic E-state index is -4.35. The first-order chi connectivity index (χ1) is 31.7. The number of ether oxygens (including phenoxy) is 2. The van der Waals surface area contributed by atoms with Crippen LogP contribution in [0.25, 0.3) is 0 Å². The number of ketones is 1. The summed E-state index contributed by atoms with van der Waals surface area (Å²) < 4.78 is 43.7. The standard InChI is InChI=1S/C57H68O9S/c1-36(2)42-32-39-22-24-48-54(5,46(39)34-44(42)50(58)38-18-11-9-12-19-38)26-15-28-56(48,7)52(60)64-30-17-31-65-53(61)57(8)29-16-27-55(6)47-35-45(43(37(3)4)33-40(47)23-25-49(55)57)51(59)66-67(62,63)41-20-13-10-14-21-41/h9-14,18-21,32-37,48-49H,15-17,22-31H2,1-8H3. The highest BCUT2D eigenvalue weighted by molar-refractivity contribution is 7.87. The molecule has 6 atom stereocenters. The lowest BCUT2D eigenvalue weighted by Gasteiger charge is -2.54. The summed E-state index contributed by atoms with van der Waals surface area (Å²) in [5.41, 5.74) is 5.69. The number of hydrogen-bond donors (Lipinski definition) is 0. The summed E-state index contributed by atoms with van der Waals surface area (Å²) in [5.74, 6) is -1.30. The molecule has 4 aliphatic rings. The quantitative estimate of drug-likeness (QED) is 0.0556. The summed E-state index contributed by atoms with van der Waals surface area (Å²) >= 11 is 0. The fourth-order valence-electron chi connectivity index (χ4n) is 13.1. The van der Waals surface area contributed by atoms with Crippen molar-refractivity contribution in [1.82, 2.24) is 0 Å². The molecule has 4 aromatic rings. The number of benzene rings is 4. The maximum Gasteiger partial charge on any atom is 0.354 e. The summed E-state index contributed by atoms with van der Waals surface area (Å²) in [5, 5.41) is 0. The van der Waals surface area contributed by atoms with Crippen LogP contribution in [-0.2, 0) is 57.0 Å². The van der Waals surface area contributed by atoms with Gasteiger partial charge in [0, 0.05) is 17.5 Å². The Kier molecular flexibility index (Phi) is 13.3. The molecule has 0 bridgehead atoms. The smallest absolute Gasteiger partial charge is 0.354 e. The Bertz CT molecular complexity index is 2670. The van der Waals surface area contributed by atoms with Crippen molar-refractivity contribution in [3.63, 3.8) is 0 Å². The average molecular weight is 929 g/mol. The number of rotatable bonds is 13. The summed E-state index contributed by atoms with van der Waals surface area (Å²) in [6.07, 6.45) is 8.31. The largest absolute Gasteiger partial charge is 0.465 e. The molecule has 356 valence electrons. The fourth-order valence-corrected chi connectivity index (χ4v) is 14.0. The van der Waals surface area contributed by atoms with Crippen LogP contribution in [0.4, 0.5) is 0 Å². The van der Waals surface area contributed by atoms with Crippen LogP contribution in [0, 0.1) is 22.7 Å². The van der Waals surface area contributed by atoms with Crippen molar-refractivity contribution in [2.24, 2.45) is 22.7 Å². The van der Waals surface area contributed by atoms with Crippen LogP contribution < -0.4 is 0 Å². The number of aryl methyl sites for hydroxylation is 2. The van der Waals surface area contributed by atoms with Crippen LogP contribution in [0.3, 0.4) is 0 Å². The molecule has 4 aliphatic carbocycles. The normalized spacial score (nSPS) is 26.7. The predicted octanol–water partition coefficient (Wildman–Crippen LogP) is 11.9. The monoisotopic (exact) mass is 928 g/mol. The molecule has 0 heterocycles. The zero-order valence-electron chi connectivity index (χ0n) is 40.7. The second-order valence-electron chi connectivity index (χ2n) is 21.5. The van der Waals surface area contributed by atoms with Gasteiger partial charge < -0.3 is 13.7 Å². The molecule has 0 amide bonds. The van der Waals surface area contributed by atoms with E-state index in [-0.39, 0.29) is 70.5 Å². The number of carbonyl (C=O) groups excluding carboxylic acids is 4. The van der Waals surface area contributed by atoms with Crippen LogP contribution in [0.5, 0.6) is 0 Å². The first-order valence-corrected chi connectivity index (χ1v) is 26.0. The fraction of sp³-hybridized carbons (Fsp3) is 0.509. The SMILES string of the molecule is CC(C)c1cc2c(cc1C(=O)OS(=O)(=O)c1ccccc1)C1(C)CCCC(C)(C(=O)OCCCOC(=O)C3(C)CCCC4(C)c5cc(C(=O)c6ccccc6)c(C(C)C)cc5CCC34)C1CC2. The minimum absolute atomic E-state index is 0.0287. The zero-order valence-corrected chi connectivity index (χ0v) is 41.5. The lowest BCUT2D eigenvalue weighted by Crippen LogP contribution is -2.53. The van der Waals surface area contributed by atoms with Crippen molar-refractivity contribution in [1.29, 1.82) is 0 Å². The Hall–Kier alpha value is -5.09. The molecular weight excluding hydrogens is 861 g/mol. The second kappa shape index (κ2) is 18.4. The van der Waals surface area contributed by atoms with E-state index in [1.807, 2.05) is 63.2 Å². The van der Waals surface area contributed by atoms with Gasteiger partial charge in [-0.1, -0.05) is 115 Å². The van der Waals surface area contributed by atoms with E-state index in [0.717, 1.165) is 79.2 Å². The highest BCUT2D eigenvalue weighted by atomic mass is 32.2. The molecule has 67 heavy (non-hydrogen) atoms. The third-order valence-corrected chi connectivity index (χ3v) is 17.9. The van der Waals surface area contributed by atoms with Crippen molar-refractivity contribution in [3.05, 3.63) is 135 Å². The van der Waals surface area contributed by atoms with Crippen molar-refractivity contribution in [2.45, 2.75) is 154 Å². The molecule has 0 radical (unpaired) electrons. The van der Waals surface area contributed by atoms with Crippen LogP contribution in [0.2, 0.25) is 0 Å². The maximum atomic E-state index is 14.2. The lowest BCUT2D eigenvalue weighted by molar-refractivity contribution is -0.167. The van der Waals surface area contributed by atoms with E-state index in [4.69, 9.17) is 13.7 Å². The number of hydrogen-bond acceptors (Lipinski definition) is 9. The summed E-state index contributed by atoms with van der Waals surface area (Å²) in [6, 6.07) is 25.4. The molecule has 0 N–H and O–H groups in total. The highest BCUT2D eigenvalue weighted by Crippen LogP contribution is 2.60. The van der Waals surface area contributed by atoms with Crippen LogP contribution in [-0.4, -0.2) is 45.3 Å². The Morgan fingerprint density at radius 1 is 0.612 bits per heavy atom. The number of esters is 2. The molecule has 8 rings (SSSR count). The Labute approximate surface area is 397 Å². The molecular formula is C57H68O9S. The first-order valence-electron chi connectivity index (χ1n) is 24.6. The van der Waals surface area contributed by atoms with Gasteiger partial charge in [0.25, 0.3) is 0 Å². The Morgan fingerprint density at radius 2 is 1.06 bits per heavy atom. The third kappa shape index (κ3) is 8.70. The van der Waals surface area contributed by atoms with Gasteiger partial charge in [-0.15, -0.1) is 0 Å². The number of carbonyl (C=O) groups is 4. The maximum absolute atomic E-state index is 14.2. The molecule has 9 nitrogen and oxygen atoms in total. The highest BCUT2D eigenvalue weighted by Gasteiger charge is 2.57. The average Bonchev–Trinajstić information content (AvgIpc) is 3.30. The van der Waals surface area contributed by atoms with Crippen molar-refractivity contribution < 1.29 is 41.3 Å². The van der Waals surface area contributed by atoms with Gasteiger partial charge in [0.05, 0.1) is 29.6 Å². The van der Waals surface area contributed by atoms with Gasteiger partial charge >= 0.3 is 28.0 Å². The molecule has 0 saturated heterocycles. The van der Waals surface area contributed by atoms with Crippen molar-refractivity contribution in [3.8, 4) is 0 Å². The van der Waals surface area contributed by atoms with Gasteiger partial charge in [-0.05, 0) is 157 Å². The third-order valence-electron chi connectivity index (χ3n) is 16.7. The molecule has 10 heteroatoms. The van der Waals surface area contributed by atoms with Gasteiger partial charge in [-0.3, -0.25) is 14.4 Å². The van der Waals surface area contributed by atoms with E-state index < -0.39 is 32.3 Å². The van der Waals surface area contributed by atoms with Gasteiger partial charge in [-0.2, -0.15) is 8.42 Å². The van der Waals surface area contributed by atoms with Gasteiger partial charge in [0.2, 0.25) is 0 Å². The van der Waals surface area contributed by atoms with Crippen LogP contribution in [0.1, 0.15) is 185 Å². The molecule has 6 unspecified atom stereocenters. The van der Waals surface area contributed by atoms with Crippen molar-refractivity contribution in [2.75, 3.05) is 13.2 Å². The Balaban J connectivity index is 0.928. The van der Waals surface area contributed by atoms with Crippen LogP contribution in [0.15, 0.2) is 89.8 Å². The topological polar surface area (TPSA) is 130 Å². The zero-order chi connectivity index (χ0) is 48.1. The summed E-state index contributed by atoms with van der Waals surface area (Å²) in [4.78, 5) is 56.2. The first kappa shape index (κ1) is 48.4.